The molecule has 1 aliphatic rings. The number of halogens is 1. The van der Waals surface area contributed by atoms with E-state index in [1.807, 2.05) is 0 Å². The lowest BCUT2D eigenvalue weighted by atomic mass is 10.1. The number of aromatic nitrogens is 2. The summed E-state index contributed by atoms with van der Waals surface area (Å²) >= 11 is 0. The molecule has 32 heavy (non-hydrogen) atoms. The summed E-state index contributed by atoms with van der Waals surface area (Å²) in [5.41, 5.74) is 2.40. The number of nitrogens with one attached hydrogen (secondary N) is 1. The number of hydrogen-bond acceptors (Lipinski definition) is 5. The molecule has 2 aromatic carbocycles. The fourth-order valence-electron chi connectivity index (χ4n) is 3.67. The van der Waals surface area contributed by atoms with Gasteiger partial charge >= 0.3 is 0 Å². The Balaban J connectivity index is 1.35. The zero-order valence-electron chi connectivity index (χ0n) is 17.9. The average molecular weight is 437 g/mol. The standard InChI is InChI=1S/C23H24FN5O3/c1-27-15-20(22(26-27)32-2)21(30)25-18-7-3-16(4-8-18)23(31)29-13-11-28(12-14-29)19-9-5-17(24)6-10-19/h3-10,15H,11-14H2,1-2H3,(H,25,30). The highest BCUT2D eigenvalue weighted by Crippen LogP contribution is 2.20. The van der Waals surface area contributed by atoms with Crippen molar-refractivity contribution in [2.24, 2.45) is 7.05 Å². The van der Waals surface area contributed by atoms with Crippen LogP contribution in [0.2, 0.25) is 0 Å². The number of carbonyl (C=O) groups excluding carboxylic acids is 2. The third-order valence-corrected chi connectivity index (χ3v) is 5.38. The minimum absolute atomic E-state index is 0.0597. The molecule has 1 saturated heterocycles. The lowest BCUT2D eigenvalue weighted by Gasteiger charge is -2.36. The monoisotopic (exact) mass is 437 g/mol. The molecule has 4 rings (SSSR count). The van der Waals surface area contributed by atoms with Gasteiger partial charge in [-0.3, -0.25) is 14.3 Å². The molecule has 0 atom stereocenters. The van der Waals surface area contributed by atoms with E-state index in [0.29, 0.717) is 43.0 Å². The zero-order chi connectivity index (χ0) is 22.7. The molecular formula is C23H24FN5O3. The second kappa shape index (κ2) is 9.09. The van der Waals surface area contributed by atoms with Crippen LogP contribution in [0.15, 0.2) is 54.7 Å². The van der Waals surface area contributed by atoms with Crippen LogP contribution in [0, 0.1) is 5.82 Å². The van der Waals surface area contributed by atoms with E-state index in [0.717, 1.165) is 5.69 Å². The molecule has 1 aromatic heterocycles. The van der Waals surface area contributed by atoms with Crippen molar-refractivity contribution in [1.29, 1.82) is 0 Å². The fraction of sp³-hybridized carbons (Fsp3) is 0.261. The third kappa shape index (κ3) is 4.56. The van der Waals surface area contributed by atoms with Gasteiger partial charge in [-0.2, -0.15) is 0 Å². The second-order valence-electron chi connectivity index (χ2n) is 7.51. The van der Waals surface area contributed by atoms with E-state index in [9.17, 15) is 14.0 Å². The summed E-state index contributed by atoms with van der Waals surface area (Å²) in [4.78, 5) is 29.3. The third-order valence-electron chi connectivity index (χ3n) is 5.38. The summed E-state index contributed by atoms with van der Waals surface area (Å²) in [5, 5.41) is 6.86. The smallest absolute Gasteiger partial charge is 0.262 e. The molecule has 0 bridgehead atoms. The van der Waals surface area contributed by atoms with Crippen LogP contribution in [-0.4, -0.2) is 59.8 Å². The highest BCUT2D eigenvalue weighted by molar-refractivity contribution is 6.06. The number of methoxy groups -OCH3 is 1. The average Bonchev–Trinajstić information content (AvgIpc) is 3.21. The Morgan fingerprint density at radius 1 is 1.00 bits per heavy atom. The Hall–Kier alpha value is -3.88. The second-order valence-corrected chi connectivity index (χ2v) is 7.51. The number of anilines is 2. The molecular weight excluding hydrogens is 413 g/mol. The highest BCUT2D eigenvalue weighted by Gasteiger charge is 2.23. The Morgan fingerprint density at radius 3 is 2.28 bits per heavy atom. The maximum absolute atomic E-state index is 13.1. The number of hydrogen-bond donors (Lipinski definition) is 1. The van der Waals surface area contributed by atoms with Crippen molar-refractivity contribution in [3.8, 4) is 5.88 Å². The molecule has 166 valence electrons. The van der Waals surface area contributed by atoms with Gasteiger partial charge in [0.2, 0.25) is 5.88 Å². The number of piperazine rings is 1. The summed E-state index contributed by atoms with van der Waals surface area (Å²) in [6.45, 7) is 2.52. The predicted octanol–water partition coefficient (Wildman–Crippen LogP) is 2.78. The first kappa shape index (κ1) is 21.4. The SMILES string of the molecule is COc1nn(C)cc1C(=O)Nc1ccc(C(=O)N2CCN(c3ccc(F)cc3)CC2)cc1. The maximum atomic E-state index is 13.1. The van der Waals surface area contributed by atoms with Crippen LogP contribution in [-0.2, 0) is 7.05 Å². The number of amides is 2. The van der Waals surface area contributed by atoms with Gasteiger partial charge in [0.1, 0.15) is 11.4 Å². The van der Waals surface area contributed by atoms with Gasteiger partial charge < -0.3 is 19.9 Å². The van der Waals surface area contributed by atoms with Gasteiger partial charge in [0.15, 0.2) is 0 Å². The van der Waals surface area contributed by atoms with Gasteiger partial charge in [0.25, 0.3) is 11.8 Å². The Bertz CT molecular complexity index is 1100. The summed E-state index contributed by atoms with van der Waals surface area (Å²) in [7, 11) is 3.16. The normalized spacial score (nSPS) is 13.7. The van der Waals surface area contributed by atoms with Crippen molar-refractivity contribution in [2.45, 2.75) is 0 Å². The number of nitrogens with zero attached hydrogens (tertiary/aromatic N) is 4. The van der Waals surface area contributed by atoms with E-state index < -0.39 is 0 Å². The molecule has 1 fully saturated rings. The molecule has 8 nitrogen and oxygen atoms in total. The van der Waals surface area contributed by atoms with Crippen molar-refractivity contribution in [3.63, 3.8) is 0 Å². The zero-order valence-corrected chi connectivity index (χ0v) is 17.9. The number of ether oxygens (including phenoxy) is 1. The van der Waals surface area contributed by atoms with Crippen molar-refractivity contribution >= 4 is 23.2 Å². The molecule has 2 amide bonds. The molecule has 0 saturated carbocycles. The highest BCUT2D eigenvalue weighted by atomic mass is 19.1. The fourth-order valence-corrected chi connectivity index (χ4v) is 3.67. The Labute approximate surface area is 185 Å². The van der Waals surface area contributed by atoms with Gasteiger partial charge in [-0.1, -0.05) is 0 Å². The Kier molecular flexibility index (Phi) is 6.07. The molecule has 1 N–H and O–H groups in total. The van der Waals surface area contributed by atoms with Crippen LogP contribution in [0.1, 0.15) is 20.7 Å². The summed E-state index contributed by atoms with van der Waals surface area (Å²) in [6, 6.07) is 13.2. The van der Waals surface area contributed by atoms with E-state index in [-0.39, 0.29) is 23.5 Å². The van der Waals surface area contributed by atoms with Gasteiger partial charge in [-0.05, 0) is 48.5 Å². The van der Waals surface area contributed by atoms with Gasteiger partial charge in [-0.15, -0.1) is 5.10 Å². The largest absolute Gasteiger partial charge is 0.479 e. The first-order chi connectivity index (χ1) is 15.4. The summed E-state index contributed by atoms with van der Waals surface area (Å²) in [5.74, 6) is -0.417. The molecule has 1 aliphatic heterocycles. The van der Waals surface area contributed by atoms with Crippen molar-refractivity contribution in [3.05, 3.63) is 71.7 Å². The Morgan fingerprint density at radius 2 is 1.66 bits per heavy atom. The predicted molar refractivity (Wildman–Crippen MR) is 119 cm³/mol. The summed E-state index contributed by atoms with van der Waals surface area (Å²) in [6.07, 6.45) is 1.58. The number of rotatable bonds is 5. The van der Waals surface area contributed by atoms with Crippen LogP contribution in [0.3, 0.4) is 0 Å². The van der Waals surface area contributed by atoms with Gasteiger partial charge in [0, 0.05) is 56.4 Å². The van der Waals surface area contributed by atoms with Crippen LogP contribution < -0.4 is 15.0 Å². The van der Waals surface area contributed by atoms with E-state index >= 15 is 0 Å². The molecule has 2 heterocycles. The first-order valence-electron chi connectivity index (χ1n) is 10.2. The van der Waals surface area contributed by atoms with Crippen LogP contribution in [0.4, 0.5) is 15.8 Å². The van der Waals surface area contributed by atoms with Gasteiger partial charge in [-0.25, -0.2) is 4.39 Å². The number of aryl methyl sites for hydroxylation is 1. The van der Waals surface area contributed by atoms with E-state index in [1.165, 1.54) is 23.9 Å². The molecule has 0 aliphatic carbocycles. The molecule has 0 radical (unpaired) electrons. The van der Waals surface area contributed by atoms with Crippen molar-refractivity contribution in [2.75, 3.05) is 43.5 Å². The van der Waals surface area contributed by atoms with Crippen LogP contribution in [0.5, 0.6) is 5.88 Å². The summed E-state index contributed by atoms with van der Waals surface area (Å²) < 4.78 is 19.8. The minimum Gasteiger partial charge on any atom is -0.479 e. The topological polar surface area (TPSA) is 79.7 Å². The quantitative estimate of drug-likeness (QED) is 0.664. The lowest BCUT2D eigenvalue weighted by Crippen LogP contribution is -2.48. The lowest BCUT2D eigenvalue weighted by molar-refractivity contribution is 0.0746. The molecule has 0 unspecified atom stereocenters. The molecule has 9 heteroatoms. The number of carbonyl (C=O) groups is 2. The minimum atomic E-state index is -0.342. The van der Waals surface area contributed by atoms with E-state index in [2.05, 4.69) is 15.3 Å². The van der Waals surface area contributed by atoms with Crippen LogP contribution >= 0.6 is 0 Å². The molecule has 0 spiro atoms. The van der Waals surface area contributed by atoms with E-state index in [4.69, 9.17) is 4.74 Å². The van der Waals surface area contributed by atoms with Gasteiger partial charge in [0.05, 0.1) is 7.11 Å². The maximum Gasteiger partial charge on any atom is 0.262 e. The molecule has 3 aromatic rings. The van der Waals surface area contributed by atoms with E-state index in [1.54, 1.807) is 54.5 Å². The number of benzene rings is 2. The van der Waals surface area contributed by atoms with Crippen LogP contribution in [0.25, 0.3) is 0 Å². The van der Waals surface area contributed by atoms with Crippen molar-refractivity contribution in [1.82, 2.24) is 14.7 Å². The first-order valence-corrected chi connectivity index (χ1v) is 10.2. The van der Waals surface area contributed by atoms with Crippen molar-refractivity contribution < 1.29 is 18.7 Å².